The zero-order valence-electron chi connectivity index (χ0n) is 30.5. The fourth-order valence-electron chi connectivity index (χ4n) is 6.89. The van der Waals surface area contributed by atoms with Crippen LogP contribution in [0.5, 0.6) is 0 Å². The zero-order chi connectivity index (χ0) is 33.4. The van der Waals surface area contributed by atoms with E-state index in [4.69, 9.17) is 14.0 Å². The highest BCUT2D eigenvalue weighted by molar-refractivity contribution is 7.30. The van der Waals surface area contributed by atoms with Crippen LogP contribution < -0.4 is 9.55 Å². The molecule has 2 atom stereocenters. The molecule has 0 spiro atoms. The van der Waals surface area contributed by atoms with Crippen LogP contribution in [0.1, 0.15) is 158 Å². The summed E-state index contributed by atoms with van der Waals surface area (Å²) in [4.78, 5) is 2.79. The first kappa shape index (κ1) is 37.2. The predicted octanol–water partition coefficient (Wildman–Crippen LogP) is 9.40. The highest BCUT2D eigenvalue weighted by Gasteiger charge is 2.54. The molecule has 0 bridgehead atoms. The predicted molar refractivity (Wildman–Crippen MR) is 197 cm³/mol. The molecule has 1 fully saturated rings. The summed E-state index contributed by atoms with van der Waals surface area (Å²) in [7, 11) is 1.55. The van der Waals surface area contributed by atoms with E-state index in [0.717, 1.165) is 4.78 Å². The minimum Gasteiger partial charge on any atom is -0.426 e. The summed E-state index contributed by atoms with van der Waals surface area (Å²) in [5, 5.41) is 10.8. The van der Waals surface area contributed by atoms with Crippen LogP contribution in [-0.2, 0) is 19.4 Å². The Bertz CT molecular complexity index is 1240. The van der Waals surface area contributed by atoms with Gasteiger partial charge in [0.2, 0.25) is 0 Å². The van der Waals surface area contributed by atoms with Crippen molar-refractivity contribution in [2.75, 3.05) is 0 Å². The molecule has 1 N–H and O–H groups in total. The van der Waals surface area contributed by atoms with E-state index in [1.54, 1.807) is 0 Å². The Morgan fingerprint density at radius 2 is 1.31 bits per heavy atom. The van der Waals surface area contributed by atoms with Gasteiger partial charge in [0.1, 0.15) is 0 Å². The molecule has 2 aromatic heterocycles. The van der Waals surface area contributed by atoms with Crippen LogP contribution >= 0.6 is 22.7 Å². The molecule has 251 valence electrons. The third-order valence-corrected chi connectivity index (χ3v) is 13.9. The molecule has 1 aliphatic carbocycles. The SMILES string of the molecule is CCCCC(CC)CC1(CC(CC)CCCC)c2cc([B]OC(C)(C)C(C)(C)O)sc2-c2sc(B3OC(C)(C)C(C)(C)O3)cc21. The highest BCUT2D eigenvalue weighted by atomic mass is 32.1. The molecule has 4 rings (SSSR count). The molecule has 1 radical (unpaired) electrons. The molecule has 3 heterocycles. The fourth-order valence-corrected chi connectivity index (χ4v) is 9.39. The lowest BCUT2D eigenvalue weighted by Crippen LogP contribution is -2.49. The molecule has 0 aromatic carbocycles. The van der Waals surface area contributed by atoms with E-state index < -0.39 is 11.2 Å². The van der Waals surface area contributed by atoms with E-state index >= 15 is 0 Å². The van der Waals surface area contributed by atoms with Crippen LogP contribution in [0.25, 0.3) is 9.75 Å². The van der Waals surface area contributed by atoms with Crippen LogP contribution in [-0.4, -0.2) is 42.1 Å². The van der Waals surface area contributed by atoms with Gasteiger partial charge in [0, 0.05) is 24.7 Å². The number of hydrogen-bond acceptors (Lipinski definition) is 6. The van der Waals surface area contributed by atoms with Gasteiger partial charge in [-0.15, -0.1) is 22.7 Å². The van der Waals surface area contributed by atoms with E-state index in [9.17, 15) is 5.11 Å². The summed E-state index contributed by atoms with van der Waals surface area (Å²) in [6, 6.07) is 4.91. The molecule has 2 aliphatic rings. The molecule has 45 heavy (non-hydrogen) atoms. The topological polar surface area (TPSA) is 47.9 Å². The van der Waals surface area contributed by atoms with E-state index in [1.807, 2.05) is 57.9 Å². The van der Waals surface area contributed by atoms with Gasteiger partial charge < -0.3 is 19.1 Å². The van der Waals surface area contributed by atoms with Crippen LogP contribution in [0.3, 0.4) is 0 Å². The van der Waals surface area contributed by atoms with Gasteiger partial charge in [-0.25, -0.2) is 0 Å². The Morgan fingerprint density at radius 3 is 1.78 bits per heavy atom. The Morgan fingerprint density at radius 1 is 0.822 bits per heavy atom. The Balaban J connectivity index is 1.85. The van der Waals surface area contributed by atoms with E-state index in [1.165, 1.54) is 89.9 Å². The molecule has 1 aliphatic heterocycles. The van der Waals surface area contributed by atoms with Crippen molar-refractivity contribution >= 4 is 46.8 Å². The van der Waals surface area contributed by atoms with Crippen molar-refractivity contribution in [3.8, 4) is 9.75 Å². The smallest absolute Gasteiger partial charge is 0.426 e. The fraction of sp³-hybridized carbons (Fsp3) is 0.784. The first-order valence-corrected chi connectivity index (χ1v) is 19.5. The molecular formula is C37H61B2O4S2. The van der Waals surface area contributed by atoms with Crippen molar-refractivity contribution < 1.29 is 19.1 Å². The number of aliphatic hydroxyl groups is 1. The van der Waals surface area contributed by atoms with Crippen molar-refractivity contribution in [3.63, 3.8) is 0 Å². The second kappa shape index (κ2) is 14.1. The first-order chi connectivity index (χ1) is 20.9. The second-order valence-corrected chi connectivity index (χ2v) is 18.2. The van der Waals surface area contributed by atoms with Gasteiger partial charge in [0.25, 0.3) is 0 Å². The van der Waals surface area contributed by atoms with Gasteiger partial charge in [0.15, 0.2) is 0 Å². The number of unbranched alkanes of at least 4 members (excludes halogenated alkanes) is 2. The number of fused-ring (bicyclic) bond motifs is 3. The average molecular weight is 656 g/mol. The maximum atomic E-state index is 10.8. The van der Waals surface area contributed by atoms with Gasteiger partial charge in [-0.1, -0.05) is 85.1 Å². The normalized spacial score (nSPS) is 22.0. The Labute approximate surface area is 284 Å². The van der Waals surface area contributed by atoms with Crippen molar-refractivity contribution in [1.82, 2.24) is 0 Å². The minimum atomic E-state index is -0.965. The monoisotopic (exact) mass is 655 g/mol. The van der Waals surface area contributed by atoms with Gasteiger partial charge in [0.05, 0.1) is 22.4 Å². The Kier molecular flexibility index (Phi) is 11.6. The van der Waals surface area contributed by atoms with Crippen LogP contribution in [0, 0.1) is 11.8 Å². The molecule has 0 amide bonds. The average Bonchev–Trinajstić information content (AvgIpc) is 3.68. The number of thiophene rings is 2. The second-order valence-electron chi connectivity index (χ2n) is 16.0. The van der Waals surface area contributed by atoms with Gasteiger partial charge in [-0.3, -0.25) is 0 Å². The molecule has 1 saturated heterocycles. The molecule has 2 unspecified atom stereocenters. The molecule has 8 heteroatoms. The maximum Gasteiger partial charge on any atom is 0.505 e. The third kappa shape index (κ3) is 7.52. The lowest BCUT2D eigenvalue weighted by molar-refractivity contribution is -0.0892. The summed E-state index contributed by atoms with van der Waals surface area (Å²) in [5.74, 6) is 1.34. The highest BCUT2D eigenvalue weighted by Crippen LogP contribution is 2.59. The van der Waals surface area contributed by atoms with E-state index in [-0.39, 0.29) is 23.7 Å². The lowest BCUT2D eigenvalue weighted by Gasteiger charge is -2.38. The quantitative estimate of drug-likeness (QED) is 0.173. The van der Waals surface area contributed by atoms with Crippen molar-refractivity contribution in [2.24, 2.45) is 11.8 Å². The summed E-state index contributed by atoms with van der Waals surface area (Å²) in [6.07, 6.45) is 12.4. The third-order valence-electron chi connectivity index (χ3n) is 11.5. The summed E-state index contributed by atoms with van der Waals surface area (Å²) >= 11 is 3.72. The zero-order valence-corrected chi connectivity index (χ0v) is 32.2. The van der Waals surface area contributed by atoms with Crippen molar-refractivity contribution in [1.29, 1.82) is 0 Å². The summed E-state index contributed by atoms with van der Waals surface area (Å²) in [5.41, 5.74) is 0.545. The number of hydrogen-bond donors (Lipinski definition) is 1. The molecule has 2 aromatic rings. The minimum absolute atomic E-state index is 0.0414. The van der Waals surface area contributed by atoms with E-state index in [2.05, 4.69) is 67.5 Å². The van der Waals surface area contributed by atoms with Crippen LogP contribution in [0.2, 0.25) is 0 Å². The maximum absolute atomic E-state index is 10.8. The molecule has 0 saturated carbocycles. The standard InChI is InChI=1S/C37H61B2O4S2/c1-13-17-19-25(15-3)23-37(24-26(16-4)20-18-14-2)27-21-29(38-41-34(7,8)33(5,6)40)44-31(27)32-28(37)22-30(45-32)39-42-35(9,10)36(11,12)43-39/h21-22,25-26,40H,13-20,23-24H2,1-12H3. The van der Waals surface area contributed by atoms with Crippen LogP contribution in [0.15, 0.2) is 12.1 Å². The van der Waals surface area contributed by atoms with Gasteiger partial charge in [-0.2, -0.15) is 0 Å². The summed E-state index contributed by atoms with van der Waals surface area (Å²) in [6.45, 7) is 25.6. The first-order valence-electron chi connectivity index (χ1n) is 17.8. The van der Waals surface area contributed by atoms with Crippen LogP contribution in [0.4, 0.5) is 0 Å². The van der Waals surface area contributed by atoms with Crippen molar-refractivity contribution in [3.05, 3.63) is 23.3 Å². The lowest BCUT2D eigenvalue weighted by atomic mass is 9.65. The van der Waals surface area contributed by atoms with Gasteiger partial charge in [-0.05, 0) is 97.3 Å². The van der Waals surface area contributed by atoms with Crippen molar-refractivity contribution in [2.45, 2.75) is 175 Å². The molecular weight excluding hydrogens is 594 g/mol. The molecule has 4 nitrogen and oxygen atoms in total. The number of rotatable bonds is 17. The largest absolute Gasteiger partial charge is 0.505 e. The van der Waals surface area contributed by atoms with E-state index in [0.29, 0.717) is 11.8 Å². The Hall–Kier alpha value is -0.630. The summed E-state index contributed by atoms with van der Waals surface area (Å²) < 4.78 is 21.8. The van der Waals surface area contributed by atoms with Gasteiger partial charge >= 0.3 is 14.6 Å².